The van der Waals surface area contributed by atoms with Crippen LogP contribution in [0.5, 0.6) is 0 Å². The molecule has 1 saturated heterocycles. The van der Waals surface area contributed by atoms with Crippen LogP contribution in [0.2, 0.25) is 0 Å². The normalized spacial score (nSPS) is 17.5. The van der Waals surface area contributed by atoms with E-state index in [4.69, 9.17) is 0 Å². The van der Waals surface area contributed by atoms with Gasteiger partial charge >= 0.3 is 0 Å². The Bertz CT molecular complexity index is 651. The highest BCUT2D eigenvalue weighted by atomic mass is 16.2. The third-order valence-electron chi connectivity index (χ3n) is 4.92. The number of benzene rings is 1. The van der Waals surface area contributed by atoms with Crippen LogP contribution in [-0.2, 0) is 0 Å². The molecule has 2 heterocycles. The summed E-state index contributed by atoms with van der Waals surface area (Å²) in [6.45, 7) is 8.19. The monoisotopic (exact) mass is 326 g/mol. The standard InChI is InChI=1S/C19H26N4O/c1-3-16(2)21-11-5-12-22(15-14-21)19(24)17-6-8-18(9-7-17)23-13-4-10-20-23/h4,6-10,13,16H,3,5,11-12,14-15H2,1-2H3. The first kappa shape index (κ1) is 16.7. The molecule has 1 unspecified atom stereocenters. The molecule has 1 aliphatic rings. The SMILES string of the molecule is CCC(C)N1CCCN(C(=O)c2ccc(-n3cccn3)cc2)CC1. The second-order valence-electron chi connectivity index (χ2n) is 6.44. The summed E-state index contributed by atoms with van der Waals surface area (Å²) in [7, 11) is 0. The van der Waals surface area contributed by atoms with Crippen LogP contribution in [0.25, 0.3) is 5.69 Å². The van der Waals surface area contributed by atoms with Gasteiger partial charge in [0.2, 0.25) is 0 Å². The Kier molecular flexibility index (Phi) is 5.30. The smallest absolute Gasteiger partial charge is 0.253 e. The van der Waals surface area contributed by atoms with Crippen LogP contribution in [0.4, 0.5) is 0 Å². The van der Waals surface area contributed by atoms with E-state index in [1.807, 2.05) is 41.4 Å². The molecule has 0 bridgehead atoms. The summed E-state index contributed by atoms with van der Waals surface area (Å²) in [5.41, 5.74) is 1.72. The number of aromatic nitrogens is 2. The minimum atomic E-state index is 0.132. The molecule has 0 radical (unpaired) electrons. The molecule has 1 aromatic carbocycles. The summed E-state index contributed by atoms with van der Waals surface area (Å²) in [5.74, 6) is 0.132. The Hall–Kier alpha value is -2.14. The zero-order valence-electron chi connectivity index (χ0n) is 14.6. The summed E-state index contributed by atoms with van der Waals surface area (Å²) >= 11 is 0. The fraction of sp³-hybridized carbons (Fsp3) is 0.474. The lowest BCUT2D eigenvalue weighted by atomic mass is 10.1. The molecular formula is C19H26N4O. The van der Waals surface area contributed by atoms with E-state index in [1.165, 1.54) is 0 Å². The number of hydrogen-bond acceptors (Lipinski definition) is 3. The number of carbonyl (C=O) groups is 1. The van der Waals surface area contributed by atoms with Crippen LogP contribution >= 0.6 is 0 Å². The van der Waals surface area contributed by atoms with Gasteiger partial charge in [-0.3, -0.25) is 9.69 Å². The summed E-state index contributed by atoms with van der Waals surface area (Å²) in [4.78, 5) is 17.3. The molecule has 0 saturated carbocycles. The van der Waals surface area contributed by atoms with E-state index in [1.54, 1.807) is 10.9 Å². The van der Waals surface area contributed by atoms with E-state index in [0.717, 1.165) is 50.3 Å². The number of rotatable bonds is 4. The van der Waals surface area contributed by atoms with Gasteiger partial charge in [0.05, 0.1) is 5.69 Å². The molecule has 5 nitrogen and oxygen atoms in total. The fourth-order valence-corrected chi connectivity index (χ4v) is 3.20. The quantitative estimate of drug-likeness (QED) is 0.867. The van der Waals surface area contributed by atoms with Crippen LogP contribution in [0.15, 0.2) is 42.7 Å². The second kappa shape index (κ2) is 7.62. The molecular weight excluding hydrogens is 300 g/mol. The van der Waals surface area contributed by atoms with Gasteiger partial charge in [0.1, 0.15) is 0 Å². The molecule has 5 heteroatoms. The largest absolute Gasteiger partial charge is 0.337 e. The minimum absolute atomic E-state index is 0.132. The second-order valence-corrected chi connectivity index (χ2v) is 6.44. The first-order valence-electron chi connectivity index (χ1n) is 8.82. The first-order valence-corrected chi connectivity index (χ1v) is 8.82. The fourth-order valence-electron chi connectivity index (χ4n) is 3.20. The van der Waals surface area contributed by atoms with Crippen molar-refractivity contribution in [2.45, 2.75) is 32.7 Å². The number of amides is 1. The maximum absolute atomic E-state index is 12.8. The van der Waals surface area contributed by atoms with Gasteiger partial charge in [0.25, 0.3) is 5.91 Å². The van der Waals surface area contributed by atoms with Gasteiger partial charge in [-0.05, 0) is 50.1 Å². The maximum atomic E-state index is 12.8. The van der Waals surface area contributed by atoms with Crippen LogP contribution in [0.1, 0.15) is 37.0 Å². The Morgan fingerprint density at radius 1 is 1.17 bits per heavy atom. The molecule has 128 valence electrons. The molecule has 3 rings (SSSR count). The van der Waals surface area contributed by atoms with Gasteiger partial charge in [-0.1, -0.05) is 6.92 Å². The number of carbonyl (C=O) groups excluding carboxylic acids is 1. The minimum Gasteiger partial charge on any atom is -0.337 e. The summed E-state index contributed by atoms with van der Waals surface area (Å²) in [6, 6.07) is 10.2. The molecule has 1 atom stereocenters. The zero-order valence-corrected chi connectivity index (χ0v) is 14.6. The topological polar surface area (TPSA) is 41.4 Å². The van der Waals surface area contributed by atoms with E-state index in [9.17, 15) is 4.79 Å². The Labute approximate surface area is 143 Å². The lowest BCUT2D eigenvalue weighted by Crippen LogP contribution is -2.38. The lowest BCUT2D eigenvalue weighted by Gasteiger charge is -2.26. The molecule has 1 amide bonds. The van der Waals surface area contributed by atoms with Crippen molar-refractivity contribution in [3.63, 3.8) is 0 Å². The molecule has 1 aromatic heterocycles. The van der Waals surface area contributed by atoms with Crippen LogP contribution in [-0.4, -0.2) is 57.7 Å². The number of hydrogen-bond donors (Lipinski definition) is 0. The summed E-state index contributed by atoms with van der Waals surface area (Å²) in [5, 5.41) is 4.21. The zero-order chi connectivity index (χ0) is 16.9. The predicted octanol–water partition coefficient (Wildman–Crippen LogP) is 2.82. The van der Waals surface area contributed by atoms with E-state index in [-0.39, 0.29) is 5.91 Å². The molecule has 0 spiro atoms. The Morgan fingerprint density at radius 2 is 1.96 bits per heavy atom. The van der Waals surface area contributed by atoms with Gasteiger partial charge in [-0.15, -0.1) is 0 Å². The highest BCUT2D eigenvalue weighted by Gasteiger charge is 2.22. The van der Waals surface area contributed by atoms with Crippen molar-refractivity contribution in [2.24, 2.45) is 0 Å². The van der Waals surface area contributed by atoms with Crippen molar-refractivity contribution in [3.05, 3.63) is 48.3 Å². The Balaban J connectivity index is 1.66. The van der Waals surface area contributed by atoms with E-state index in [2.05, 4.69) is 23.8 Å². The van der Waals surface area contributed by atoms with Gasteiger partial charge in [-0.25, -0.2) is 4.68 Å². The molecule has 1 aliphatic heterocycles. The van der Waals surface area contributed by atoms with Gasteiger partial charge in [0.15, 0.2) is 0 Å². The van der Waals surface area contributed by atoms with Crippen LogP contribution in [0.3, 0.4) is 0 Å². The predicted molar refractivity (Wildman–Crippen MR) is 95.4 cm³/mol. The van der Waals surface area contributed by atoms with Gasteiger partial charge < -0.3 is 4.90 Å². The molecule has 0 N–H and O–H groups in total. The summed E-state index contributed by atoms with van der Waals surface area (Å²) in [6.07, 6.45) is 5.85. The first-order chi connectivity index (χ1) is 11.7. The van der Waals surface area contributed by atoms with Crippen molar-refractivity contribution in [1.29, 1.82) is 0 Å². The Morgan fingerprint density at radius 3 is 2.62 bits per heavy atom. The third-order valence-corrected chi connectivity index (χ3v) is 4.92. The van der Waals surface area contributed by atoms with Crippen molar-refractivity contribution in [3.8, 4) is 5.69 Å². The van der Waals surface area contributed by atoms with Gasteiger partial charge in [0, 0.05) is 50.2 Å². The third kappa shape index (κ3) is 3.67. The average Bonchev–Trinajstić information content (AvgIpc) is 3.05. The van der Waals surface area contributed by atoms with Crippen LogP contribution in [0, 0.1) is 0 Å². The lowest BCUT2D eigenvalue weighted by molar-refractivity contribution is 0.0758. The van der Waals surface area contributed by atoms with E-state index >= 15 is 0 Å². The van der Waals surface area contributed by atoms with Crippen LogP contribution < -0.4 is 0 Å². The highest BCUT2D eigenvalue weighted by Crippen LogP contribution is 2.14. The van der Waals surface area contributed by atoms with Crippen molar-refractivity contribution < 1.29 is 4.79 Å². The number of nitrogens with zero attached hydrogens (tertiary/aromatic N) is 4. The maximum Gasteiger partial charge on any atom is 0.253 e. The highest BCUT2D eigenvalue weighted by molar-refractivity contribution is 5.94. The van der Waals surface area contributed by atoms with Gasteiger partial charge in [-0.2, -0.15) is 5.10 Å². The summed E-state index contributed by atoms with van der Waals surface area (Å²) < 4.78 is 1.80. The van der Waals surface area contributed by atoms with E-state index in [0.29, 0.717) is 6.04 Å². The van der Waals surface area contributed by atoms with Crippen molar-refractivity contribution >= 4 is 5.91 Å². The molecule has 24 heavy (non-hydrogen) atoms. The molecule has 1 fully saturated rings. The average molecular weight is 326 g/mol. The molecule has 0 aliphatic carbocycles. The van der Waals surface area contributed by atoms with Crippen molar-refractivity contribution in [1.82, 2.24) is 19.6 Å². The van der Waals surface area contributed by atoms with Crippen molar-refractivity contribution in [2.75, 3.05) is 26.2 Å². The molecule has 2 aromatic rings. The van der Waals surface area contributed by atoms with E-state index < -0.39 is 0 Å².